The number of H-pyrrole nitrogens is 1. The molecule has 1 heterocycles. The smallest absolute Gasteiger partial charge is 0.182 e. The van der Waals surface area contributed by atoms with Gasteiger partial charge in [-0.1, -0.05) is 22.0 Å². The number of rotatable bonds is 3. The van der Waals surface area contributed by atoms with Gasteiger partial charge in [-0.25, -0.2) is 0 Å². The van der Waals surface area contributed by atoms with Crippen molar-refractivity contribution in [1.82, 2.24) is 9.55 Å². The topological polar surface area (TPSA) is 29.9 Å². The van der Waals surface area contributed by atoms with E-state index in [9.17, 15) is 0 Å². The Balaban J connectivity index is 2.30. The highest BCUT2D eigenvalue weighted by atomic mass is 79.9. The molecule has 0 aliphatic carbocycles. The summed E-state index contributed by atoms with van der Waals surface area (Å²) in [4.78, 5) is 3.24. The third-order valence-electron chi connectivity index (χ3n) is 3.13. The van der Waals surface area contributed by atoms with E-state index in [-0.39, 0.29) is 0 Å². The highest BCUT2D eigenvalue weighted by Crippen LogP contribution is 2.31. The largest absolute Gasteiger partial charge is 0.492 e. The van der Waals surface area contributed by atoms with E-state index >= 15 is 0 Å². The van der Waals surface area contributed by atoms with Crippen molar-refractivity contribution in [3.63, 3.8) is 0 Å². The lowest BCUT2D eigenvalue weighted by Gasteiger charge is -2.08. The second-order valence-corrected chi connectivity index (χ2v) is 6.60. The van der Waals surface area contributed by atoms with E-state index in [0.717, 1.165) is 31.4 Å². The number of para-hydroxylation sites is 1. The van der Waals surface area contributed by atoms with Crippen molar-refractivity contribution in [2.24, 2.45) is 0 Å². The van der Waals surface area contributed by atoms with Gasteiger partial charge in [0, 0.05) is 8.95 Å². The van der Waals surface area contributed by atoms with Gasteiger partial charge in [0.05, 0.1) is 17.8 Å². The summed E-state index contributed by atoms with van der Waals surface area (Å²) >= 11 is 12.6. The van der Waals surface area contributed by atoms with Crippen LogP contribution in [-0.2, 0) is 0 Å². The highest BCUT2D eigenvalue weighted by molar-refractivity contribution is 9.11. The van der Waals surface area contributed by atoms with Crippen LogP contribution in [0.2, 0.25) is 0 Å². The average molecular weight is 428 g/mol. The number of nitrogens with one attached hydrogen (secondary N) is 1. The van der Waals surface area contributed by atoms with Crippen molar-refractivity contribution in [3.8, 4) is 11.4 Å². The first-order valence-electron chi connectivity index (χ1n) is 6.43. The minimum absolute atomic E-state index is 0.618. The molecule has 108 valence electrons. The monoisotopic (exact) mass is 426 g/mol. The second kappa shape index (κ2) is 5.94. The zero-order valence-electron chi connectivity index (χ0n) is 11.2. The third kappa shape index (κ3) is 2.67. The summed E-state index contributed by atoms with van der Waals surface area (Å²) in [6.45, 7) is 2.59. The normalized spacial score (nSPS) is 11.0. The number of nitrogens with zero attached hydrogens (tertiary/aromatic N) is 1. The number of aromatic nitrogens is 2. The van der Waals surface area contributed by atoms with E-state index in [1.54, 1.807) is 0 Å². The van der Waals surface area contributed by atoms with E-state index in [4.69, 9.17) is 17.0 Å². The zero-order valence-corrected chi connectivity index (χ0v) is 15.2. The molecule has 0 spiro atoms. The molecule has 0 saturated carbocycles. The molecule has 0 saturated heterocycles. The number of ether oxygens (including phenoxy) is 1. The molecule has 0 radical (unpaired) electrons. The van der Waals surface area contributed by atoms with Crippen molar-refractivity contribution in [2.75, 3.05) is 6.61 Å². The summed E-state index contributed by atoms with van der Waals surface area (Å²) in [5, 5.41) is 0. The lowest BCUT2D eigenvalue weighted by Crippen LogP contribution is -1.96. The van der Waals surface area contributed by atoms with Gasteiger partial charge in [0.2, 0.25) is 0 Å². The summed E-state index contributed by atoms with van der Waals surface area (Å²) in [5.41, 5.74) is 2.90. The van der Waals surface area contributed by atoms with Crippen LogP contribution in [0, 0.1) is 4.77 Å². The molecule has 3 rings (SSSR count). The average Bonchev–Trinajstić information content (AvgIpc) is 2.77. The summed E-state index contributed by atoms with van der Waals surface area (Å²) in [6.07, 6.45) is 0. The first-order valence-corrected chi connectivity index (χ1v) is 8.43. The maximum Gasteiger partial charge on any atom is 0.182 e. The first kappa shape index (κ1) is 14.8. The maximum atomic E-state index is 5.66. The molecule has 0 atom stereocenters. The molecule has 21 heavy (non-hydrogen) atoms. The molecule has 3 nitrogen and oxygen atoms in total. The van der Waals surface area contributed by atoms with Gasteiger partial charge in [-0.05, 0) is 65.4 Å². The molecule has 6 heteroatoms. The van der Waals surface area contributed by atoms with Gasteiger partial charge >= 0.3 is 0 Å². The molecular weight excluding hydrogens is 416 g/mol. The van der Waals surface area contributed by atoms with E-state index in [1.165, 1.54) is 0 Å². The highest BCUT2D eigenvalue weighted by Gasteiger charge is 2.12. The zero-order chi connectivity index (χ0) is 15.0. The predicted molar refractivity (Wildman–Crippen MR) is 95.0 cm³/mol. The van der Waals surface area contributed by atoms with Gasteiger partial charge in [-0.2, -0.15) is 0 Å². The van der Waals surface area contributed by atoms with Crippen molar-refractivity contribution in [2.45, 2.75) is 6.92 Å². The van der Waals surface area contributed by atoms with Gasteiger partial charge < -0.3 is 9.72 Å². The van der Waals surface area contributed by atoms with Crippen LogP contribution in [0.25, 0.3) is 16.7 Å². The number of benzene rings is 2. The molecule has 0 aliphatic rings. The number of hydrogen-bond acceptors (Lipinski definition) is 2. The SMILES string of the molecule is CCOc1cccc2c1[nH]c(=S)n2-c1ccc(Br)cc1Br. The molecule has 0 bridgehead atoms. The Labute approximate surface area is 144 Å². The van der Waals surface area contributed by atoms with E-state index < -0.39 is 0 Å². The Morgan fingerprint density at radius 2 is 2.05 bits per heavy atom. The minimum atomic E-state index is 0.618. The number of halogens is 2. The van der Waals surface area contributed by atoms with Crippen LogP contribution in [0.1, 0.15) is 6.92 Å². The van der Waals surface area contributed by atoms with Crippen molar-refractivity contribution in [3.05, 3.63) is 50.1 Å². The van der Waals surface area contributed by atoms with E-state index in [0.29, 0.717) is 11.4 Å². The first-order chi connectivity index (χ1) is 10.1. The number of fused-ring (bicyclic) bond motifs is 1. The molecule has 0 unspecified atom stereocenters. The Hall–Kier alpha value is -1.11. The van der Waals surface area contributed by atoms with Crippen LogP contribution in [0.5, 0.6) is 5.75 Å². The van der Waals surface area contributed by atoms with Crippen LogP contribution in [0.15, 0.2) is 45.3 Å². The van der Waals surface area contributed by atoms with Gasteiger partial charge in [0.25, 0.3) is 0 Å². The number of imidazole rings is 1. The van der Waals surface area contributed by atoms with Crippen LogP contribution >= 0.6 is 44.1 Å². The van der Waals surface area contributed by atoms with Gasteiger partial charge in [0.1, 0.15) is 11.3 Å². The molecule has 0 fully saturated rings. The molecule has 3 aromatic rings. The minimum Gasteiger partial charge on any atom is -0.492 e. The Bertz CT molecular complexity index is 870. The Morgan fingerprint density at radius 1 is 1.24 bits per heavy atom. The maximum absolute atomic E-state index is 5.66. The fraction of sp³-hybridized carbons (Fsp3) is 0.133. The fourth-order valence-electron chi connectivity index (χ4n) is 2.28. The fourth-order valence-corrected chi connectivity index (χ4v) is 3.80. The molecule has 0 aliphatic heterocycles. The molecule has 1 N–H and O–H groups in total. The summed E-state index contributed by atoms with van der Waals surface area (Å²) in [7, 11) is 0. The van der Waals surface area contributed by atoms with Gasteiger partial charge in [-0.3, -0.25) is 4.57 Å². The van der Waals surface area contributed by atoms with E-state index in [1.807, 2.05) is 47.9 Å². The molecule has 0 amide bonds. The van der Waals surface area contributed by atoms with Gasteiger partial charge in [-0.15, -0.1) is 0 Å². The van der Waals surface area contributed by atoms with Crippen molar-refractivity contribution >= 4 is 55.1 Å². The van der Waals surface area contributed by atoms with Crippen LogP contribution < -0.4 is 4.74 Å². The van der Waals surface area contributed by atoms with Crippen molar-refractivity contribution in [1.29, 1.82) is 0 Å². The number of hydrogen-bond donors (Lipinski definition) is 1. The van der Waals surface area contributed by atoms with Crippen LogP contribution in [-0.4, -0.2) is 16.2 Å². The Kier molecular flexibility index (Phi) is 4.19. The number of aromatic amines is 1. The third-order valence-corrected chi connectivity index (χ3v) is 4.54. The standard InChI is InChI=1S/C15H12Br2N2OS/c1-2-20-13-5-3-4-12-14(13)18-15(21)19(12)11-7-6-9(16)8-10(11)17/h3-8H,2H2,1H3,(H,18,21). The quantitative estimate of drug-likeness (QED) is 0.550. The van der Waals surface area contributed by atoms with Crippen molar-refractivity contribution < 1.29 is 4.74 Å². The lowest BCUT2D eigenvalue weighted by molar-refractivity contribution is 0.343. The molecule has 1 aromatic heterocycles. The molecule has 2 aromatic carbocycles. The predicted octanol–water partition coefficient (Wildman–Crippen LogP) is 5.61. The second-order valence-electron chi connectivity index (χ2n) is 4.44. The van der Waals surface area contributed by atoms with Crippen LogP contribution in [0.3, 0.4) is 0 Å². The van der Waals surface area contributed by atoms with E-state index in [2.05, 4.69) is 36.8 Å². The lowest BCUT2D eigenvalue weighted by atomic mass is 10.2. The summed E-state index contributed by atoms with van der Waals surface area (Å²) in [6, 6.07) is 12.0. The molecular formula is C15H12Br2N2OS. The summed E-state index contributed by atoms with van der Waals surface area (Å²) < 4.78 is 10.3. The van der Waals surface area contributed by atoms with Gasteiger partial charge in [0.15, 0.2) is 4.77 Å². The van der Waals surface area contributed by atoms with Crippen LogP contribution in [0.4, 0.5) is 0 Å². The summed E-state index contributed by atoms with van der Waals surface area (Å²) in [5.74, 6) is 0.813. The Morgan fingerprint density at radius 3 is 2.76 bits per heavy atom.